The average Bonchev–Trinajstić information content (AvgIpc) is 2.59. The molecule has 4 heteroatoms. The summed E-state index contributed by atoms with van der Waals surface area (Å²) in [5.74, 6) is 0.0700. The lowest BCUT2D eigenvalue weighted by molar-refractivity contribution is -0.123. The minimum atomic E-state index is -0.726. The van der Waals surface area contributed by atoms with E-state index in [9.17, 15) is 4.79 Å². The lowest BCUT2D eigenvalue weighted by Gasteiger charge is -2.20. The average molecular weight is 223 g/mol. The van der Waals surface area contributed by atoms with Crippen LogP contribution in [0.4, 0.5) is 0 Å². The molecule has 0 radical (unpaired) electrons. The van der Waals surface area contributed by atoms with Crippen molar-refractivity contribution in [2.75, 3.05) is 0 Å². The number of aromatic nitrogens is 2. The maximum Gasteiger partial charge on any atom is 0.158 e. The fourth-order valence-electron chi connectivity index (χ4n) is 1.47. The van der Waals surface area contributed by atoms with Gasteiger partial charge in [-0.15, -0.1) is 0 Å². The molecule has 0 aliphatic carbocycles. The van der Waals surface area contributed by atoms with Crippen LogP contribution in [0, 0.1) is 0 Å². The Bertz CT molecular complexity index is 380. The standard InChI is InChI=1S/C12H21N3O/c1-5-9-7-10(15(4)14-9)8-11(16)12(3,13)6-2/h7H,5-6,8,13H2,1-4H3. The third-order valence-electron chi connectivity index (χ3n) is 3.10. The molecule has 1 heterocycles. The number of hydrogen-bond acceptors (Lipinski definition) is 3. The van der Waals surface area contributed by atoms with Crippen LogP contribution >= 0.6 is 0 Å². The Balaban J connectivity index is 2.80. The molecule has 0 aliphatic rings. The molecule has 1 rings (SSSR count). The Hall–Kier alpha value is -1.16. The molecule has 0 aliphatic heterocycles. The van der Waals surface area contributed by atoms with Crippen molar-refractivity contribution in [3.63, 3.8) is 0 Å². The number of Topliss-reactive ketones (excluding diaryl/α,β-unsaturated/α-hetero) is 1. The number of ketones is 1. The number of hydrogen-bond donors (Lipinski definition) is 1. The first kappa shape index (κ1) is 12.9. The van der Waals surface area contributed by atoms with Gasteiger partial charge in [0, 0.05) is 12.7 Å². The van der Waals surface area contributed by atoms with Gasteiger partial charge in [0.2, 0.25) is 0 Å². The monoisotopic (exact) mass is 223 g/mol. The van der Waals surface area contributed by atoms with Gasteiger partial charge in [0.15, 0.2) is 5.78 Å². The van der Waals surface area contributed by atoms with Gasteiger partial charge < -0.3 is 5.73 Å². The summed E-state index contributed by atoms with van der Waals surface area (Å²) in [5.41, 5.74) is 7.14. The number of nitrogens with zero attached hydrogens (tertiary/aromatic N) is 2. The highest BCUT2D eigenvalue weighted by Gasteiger charge is 2.26. The van der Waals surface area contributed by atoms with E-state index in [1.807, 2.05) is 27.0 Å². The molecule has 16 heavy (non-hydrogen) atoms. The zero-order valence-electron chi connectivity index (χ0n) is 10.6. The van der Waals surface area contributed by atoms with Gasteiger partial charge in [0.05, 0.1) is 17.7 Å². The fraction of sp³-hybridized carbons (Fsp3) is 0.667. The number of rotatable bonds is 5. The van der Waals surface area contributed by atoms with Crippen LogP contribution in [0.25, 0.3) is 0 Å². The molecule has 0 aromatic carbocycles. The summed E-state index contributed by atoms with van der Waals surface area (Å²) >= 11 is 0. The SMILES string of the molecule is CCc1cc(CC(=O)C(C)(N)CC)n(C)n1. The fourth-order valence-corrected chi connectivity index (χ4v) is 1.47. The molecule has 1 unspecified atom stereocenters. The molecule has 0 spiro atoms. The summed E-state index contributed by atoms with van der Waals surface area (Å²) in [6, 6.07) is 1.98. The highest BCUT2D eigenvalue weighted by Crippen LogP contribution is 2.12. The molecule has 0 saturated heterocycles. The second kappa shape index (κ2) is 4.78. The summed E-state index contributed by atoms with van der Waals surface area (Å²) in [7, 11) is 1.86. The van der Waals surface area contributed by atoms with Crippen LogP contribution in [0.5, 0.6) is 0 Å². The van der Waals surface area contributed by atoms with Crippen molar-refractivity contribution in [2.24, 2.45) is 12.8 Å². The molecule has 1 aromatic heterocycles. The van der Waals surface area contributed by atoms with Gasteiger partial charge in [-0.1, -0.05) is 13.8 Å². The maximum atomic E-state index is 11.9. The molecule has 0 amide bonds. The van der Waals surface area contributed by atoms with Crippen LogP contribution in [0.15, 0.2) is 6.07 Å². The smallest absolute Gasteiger partial charge is 0.158 e. The molecule has 0 fully saturated rings. The summed E-state index contributed by atoms with van der Waals surface area (Å²) in [4.78, 5) is 11.9. The van der Waals surface area contributed by atoms with Gasteiger partial charge in [-0.25, -0.2) is 0 Å². The molecule has 0 saturated carbocycles. The molecular weight excluding hydrogens is 202 g/mol. The van der Waals surface area contributed by atoms with Crippen LogP contribution in [-0.4, -0.2) is 21.1 Å². The Labute approximate surface area is 96.8 Å². The van der Waals surface area contributed by atoms with Crippen molar-refractivity contribution in [3.05, 3.63) is 17.5 Å². The van der Waals surface area contributed by atoms with E-state index in [4.69, 9.17) is 5.73 Å². The number of carbonyl (C=O) groups is 1. The van der Waals surface area contributed by atoms with Crippen molar-refractivity contribution in [1.29, 1.82) is 0 Å². The Morgan fingerprint density at radius 3 is 2.62 bits per heavy atom. The minimum Gasteiger partial charge on any atom is -0.319 e. The number of aryl methyl sites for hydroxylation is 2. The first-order chi connectivity index (χ1) is 7.40. The first-order valence-corrected chi connectivity index (χ1v) is 5.74. The van der Waals surface area contributed by atoms with Gasteiger partial charge >= 0.3 is 0 Å². The number of nitrogens with two attached hydrogens (primary N) is 1. The molecule has 4 nitrogen and oxygen atoms in total. The van der Waals surface area contributed by atoms with E-state index in [1.54, 1.807) is 11.6 Å². The third-order valence-corrected chi connectivity index (χ3v) is 3.10. The summed E-state index contributed by atoms with van der Waals surface area (Å²) < 4.78 is 1.77. The Kier molecular flexibility index (Phi) is 3.86. The van der Waals surface area contributed by atoms with E-state index < -0.39 is 5.54 Å². The molecule has 0 bridgehead atoms. The van der Waals surface area contributed by atoms with E-state index >= 15 is 0 Å². The molecule has 90 valence electrons. The summed E-state index contributed by atoms with van der Waals surface area (Å²) in [6.07, 6.45) is 1.91. The van der Waals surface area contributed by atoms with Crippen molar-refractivity contribution < 1.29 is 4.79 Å². The van der Waals surface area contributed by atoms with Crippen LogP contribution < -0.4 is 5.73 Å². The topological polar surface area (TPSA) is 60.9 Å². The van der Waals surface area contributed by atoms with E-state index in [0.29, 0.717) is 12.8 Å². The van der Waals surface area contributed by atoms with Gasteiger partial charge in [-0.2, -0.15) is 5.10 Å². The van der Waals surface area contributed by atoms with Crippen LogP contribution in [0.1, 0.15) is 38.6 Å². The van der Waals surface area contributed by atoms with Crippen molar-refractivity contribution in [2.45, 2.75) is 45.6 Å². The van der Waals surface area contributed by atoms with E-state index in [2.05, 4.69) is 5.10 Å². The summed E-state index contributed by atoms with van der Waals surface area (Å²) in [5, 5.41) is 4.31. The lowest BCUT2D eigenvalue weighted by atomic mass is 9.92. The normalized spacial score (nSPS) is 14.8. The highest BCUT2D eigenvalue weighted by molar-refractivity contribution is 5.89. The van der Waals surface area contributed by atoms with Gasteiger partial charge in [0.1, 0.15) is 0 Å². The van der Waals surface area contributed by atoms with Gasteiger partial charge in [0.25, 0.3) is 0 Å². The maximum absolute atomic E-state index is 11.9. The lowest BCUT2D eigenvalue weighted by Crippen LogP contribution is -2.45. The van der Waals surface area contributed by atoms with Crippen LogP contribution in [0.3, 0.4) is 0 Å². The molecule has 1 atom stereocenters. The van der Waals surface area contributed by atoms with E-state index in [-0.39, 0.29) is 5.78 Å². The predicted molar refractivity (Wildman–Crippen MR) is 64.2 cm³/mol. The van der Waals surface area contributed by atoms with E-state index in [0.717, 1.165) is 17.8 Å². The molecular formula is C12H21N3O. The van der Waals surface area contributed by atoms with Crippen molar-refractivity contribution >= 4 is 5.78 Å². The van der Waals surface area contributed by atoms with Gasteiger partial charge in [-0.05, 0) is 25.8 Å². The quantitative estimate of drug-likeness (QED) is 0.816. The molecule has 1 aromatic rings. The van der Waals surface area contributed by atoms with Crippen molar-refractivity contribution in [3.8, 4) is 0 Å². The Morgan fingerprint density at radius 2 is 2.19 bits per heavy atom. The third kappa shape index (κ3) is 2.70. The van der Waals surface area contributed by atoms with Crippen LogP contribution in [-0.2, 0) is 24.7 Å². The summed E-state index contributed by atoms with van der Waals surface area (Å²) in [6.45, 7) is 5.76. The van der Waals surface area contributed by atoms with Gasteiger partial charge in [-0.3, -0.25) is 9.48 Å². The van der Waals surface area contributed by atoms with Crippen molar-refractivity contribution in [1.82, 2.24) is 9.78 Å². The second-order valence-corrected chi connectivity index (χ2v) is 4.48. The minimum absolute atomic E-state index is 0.0700. The first-order valence-electron chi connectivity index (χ1n) is 5.74. The largest absolute Gasteiger partial charge is 0.319 e. The van der Waals surface area contributed by atoms with E-state index in [1.165, 1.54) is 0 Å². The van der Waals surface area contributed by atoms with Crippen LogP contribution in [0.2, 0.25) is 0 Å². The highest BCUT2D eigenvalue weighted by atomic mass is 16.1. The second-order valence-electron chi connectivity index (χ2n) is 4.48. The molecule has 2 N–H and O–H groups in total. The Morgan fingerprint density at radius 1 is 1.56 bits per heavy atom. The predicted octanol–water partition coefficient (Wildman–Crippen LogP) is 1.22. The zero-order valence-corrected chi connectivity index (χ0v) is 10.6. The number of carbonyl (C=O) groups excluding carboxylic acids is 1. The zero-order chi connectivity index (χ0) is 12.3.